The lowest BCUT2D eigenvalue weighted by Gasteiger charge is -2.33. The number of anilines is 2. The number of imidazole rings is 1. The van der Waals surface area contributed by atoms with Crippen molar-refractivity contribution in [1.29, 1.82) is 0 Å². The summed E-state index contributed by atoms with van der Waals surface area (Å²) in [4.78, 5) is 18.5. The van der Waals surface area contributed by atoms with Gasteiger partial charge in [0.25, 0.3) is 0 Å². The zero-order chi connectivity index (χ0) is 14.4. The van der Waals surface area contributed by atoms with Crippen molar-refractivity contribution in [3.8, 4) is 0 Å². The molecule has 4 rings (SSSR count). The van der Waals surface area contributed by atoms with Crippen LogP contribution in [0.4, 0.5) is 11.8 Å². The van der Waals surface area contributed by atoms with E-state index < -0.39 is 0 Å². The van der Waals surface area contributed by atoms with Gasteiger partial charge in [-0.1, -0.05) is 0 Å². The summed E-state index contributed by atoms with van der Waals surface area (Å²) in [5, 5.41) is 0. The van der Waals surface area contributed by atoms with Gasteiger partial charge in [0.05, 0.1) is 30.0 Å². The summed E-state index contributed by atoms with van der Waals surface area (Å²) < 4.78 is 0. The summed E-state index contributed by atoms with van der Waals surface area (Å²) in [5.74, 6) is 1.67. The Morgan fingerprint density at radius 2 is 2.14 bits per heavy atom. The number of nitrogen functional groups attached to an aromatic ring is 1. The van der Waals surface area contributed by atoms with Crippen LogP contribution in [0.5, 0.6) is 0 Å². The normalized spacial score (nSPS) is 24.5. The van der Waals surface area contributed by atoms with E-state index in [1.54, 1.807) is 6.33 Å². The van der Waals surface area contributed by atoms with Crippen molar-refractivity contribution in [1.82, 2.24) is 19.9 Å². The Bertz CT molecular complexity index is 659. The summed E-state index contributed by atoms with van der Waals surface area (Å²) >= 11 is 0. The first kappa shape index (κ1) is 12.6. The number of nitrogens with zero attached hydrogens (tertiary/aromatic N) is 4. The maximum Gasteiger partial charge on any atom is 0.222 e. The SMILES string of the molecule is Nc1nc(C2CC(N)C2)cc(N2CCc3nc[nH]c3C2)n1. The number of hydrogen-bond acceptors (Lipinski definition) is 6. The fourth-order valence-electron chi connectivity index (χ4n) is 3.15. The zero-order valence-corrected chi connectivity index (χ0v) is 11.8. The quantitative estimate of drug-likeness (QED) is 0.743. The summed E-state index contributed by atoms with van der Waals surface area (Å²) in [6, 6.07) is 2.37. The lowest BCUT2D eigenvalue weighted by molar-refractivity contribution is 0.345. The van der Waals surface area contributed by atoms with Gasteiger partial charge in [0.15, 0.2) is 0 Å². The van der Waals surface area contributed by atoms with Crippen LogP contribution in [-0.4, -0.2) is 32.5 Å². The molecule has 3 heterocycles. The van der Waals surface area contributed by atoms with E-state index >= 15 is 0 Å². The molecule has 0 unspecified atom stereocenters. The van der Waals surface area contributed by atoms with Crippen LogP contribution in [0, 0.1) is 0 Å². The van der Waals surface area contributed by atoms with Crippen molar-refractivity contribution in [3.05, 3.63) is 29.5 Å². The van der Waals surface area contributed by atoms with Gasteiger partial charge < -0.3 is 21.4 Å². The van der Waals surface area contributed by atoms with Crippen molar-refractivity contribution < 1.29 is 0 Å². The summed E-state index contributed by atoms with van der Waals surface area (Å²) in [5.41, 5.74) is 15.1. The Balaban J connectivity index is 1.60. The van der Waals surface area contributed by atoms with Crippen LogP contribution in [0.15, 0.2) is 12.4 Å². The molecule has 7 heteroatoms. The maximum absolute atomic E-state index is 5.89. The predicted octanol–water partition coefficient (Wildman–Crippen LogP) is 0.549. The number of rotatable bonds is 2. The minimum atomic E-state index is 0.303. The minimum Gasteiger partial charge on any atom is -0.368 e. The summed E-state index contributed by atoms with van der Waals surface area (Å²) in [6.07, 6.45) is 4.65. The van der Waals surface area contributed by atoms with Gasteiger partial charge in [0.2, 0.25) is 5.95 Å². The van der Waals surface area contributed by atoms with Crippen molar-refractivity contribution >= 4 is 11.8 Å². The molecule has 5 N–H and O–H groups in total. The van der Waals surface area contributed by atoms with Gasteiger partial charge in [-0.2, -0.15) is 4.98 Å². The number of aromatic amines is 1. The second-order valence-corrected chi connectivity index (χ2v) is 5.94. The van der Waals surface area contributed by atoms with Gasteiger partial charge in [0.1, 0.15) is 5.82 Å². The standard InChI is InChI=1S/C14H19N7/c15-9-3-8(4-9)11-5-13(20-14(16)19-11)21-2-1-10-12(6-21)18-7-17-10/h5,7-9H,1-4,6,15H2,(H,17,18)(H2,16,19,20). The molecule has 0 bridgehead atoms. The molecule has 2 aromatic heterocycles. The highest BCUT2D eigenvalue weighted by Crippen LogP contribution is 2.36. The van der Waals surface area contributed by atoms with Gasteiger partial charge in [-0.05, 0) is 12.8 Å². The molecule has 110 valence electrons. The average molecular weight is 285 g/mol. The fourth-order valence-corrected chi connectivity index (χ4v) is 3.15. The van der Waals surface area contributed by atoms with E-state index in [2.05, 4.69) is 30.9 Å². The van der Waals surface area contributed by atoms with Crippen LogP contribution >= 0.6 is 0 Å². The third kappa shape index (κ3) is 2.23. The number of nitrogens with two attached hydrogens (primary N) is 2. The topological polar surface area (TPSA) is 110 Å². The van der Waals surface area contributed by atoms with E-state index in [1.165, 1.54) is 0 Å². The Kier molecular flexibility index (Phi) is 2.81. The molecule has 2 aliphatic rings. The molecule has 1 aliphatic heterocycles. The van der Waals surface area contributed by atoms with Crippen LogP contribution in [0.2, 0.25) is 0 Å². The van der Waals surface area contributed by atoms with E-state index in [4.69, 9.17) is 11.5 Å². The zero-order valence-electron chi connectivity index (χ0n) is 11.8. The highest BCUT2D eigenvalue weighted by molar-refractivity contribution is 5.46. The number of nitrogens with one attached hydrogen (secondary N) is 1. The highest BCUT2D eigenvalue weighted by atomic mass is 15.2. The number of hydrogen-bond donors (Lipinski definition) is 3. The first-order valence-electron chi connectivity index (χ1n) is 7.35. The molecular formula is C14H19N7. The molecule has 1 saturated carbocycles. The first-order chi connectivity index (χ1) is 10.2. The van der Waals surface area contributed by atoms with Crippen LogP contribution in [0.3, 0.4) is 0 Å². The van der Waals surface area contributed by atoms with Crippen molar-refractivity contribution in [3.63, 3.8) is 0 Å². The molecule has 0 saturated heterocycles. The van der Waals surface area contributed by atoms with E-state index in [-0.39, 0.29) is 0 Å². The molecule has 2 aromatic rings. The van der Waals surface area contributed by atoms with E-state index in [0.29, 0.717) is 17.9 Å². The van der Waals surface area contributed by atoms with Crippen LogP contribution < -0.4 is 16.4 Å². The van der Waals surface area contributed by atoms with Crippen LogP contribution in [-0.2, 0) is 13.0 Å². The Morgan fingerprint density at radius 1 is 1.29 bits per heavy atom. The number of fused-ring (bicyclic) bond motifs is 1. The summed E-state index contributed by atoms with van der Waals surface area (Å²) in [7, 11) is 0. The van der Waals surface area contributed by atoms with Crippen molar-refractivity contribution in [2.24, 2.45) is 5.73 Å². The van der Waals surface area contributed by atoms with Crippen molar-refractivity contribution in [2.45, 2.75) is 37.8 Å². The maximum atomic E-state index is 5.89. The van der Waals surface area contributed by atoms with E-state index in [0.717, 1.165) is 55.3 Å². The Hall–Kier alpha value is -2.15. The molecule has 0 atom stereocenters. The minimum absolute atomic E-state index is 0.303. The lowest BCUT2D eigenvalue weighted by Crippen LogP contribution is -2.36. The second-order valence-electron chi connectivity index (χ2n) is 5.94. The molecule has 0 amide bonds. The van der Waals surface area contributed by atoms with Crippen LogP contribution in [0.25, 0.3) is 0 Å². The third-order valence-corrected chi connectivity index (χ3v) is 4.44. The average Bonchev–Trinajstić information content (AvgIpc) is 2.90. The van der Waals surface area contributed by atoms with Crippen molar-refractivity contribution in [2.75, 3.05) is 17.2 Å². The van der Waals surface area contributed by atoms with Crippen LogP contribution in [0.1, 0.15) is 35.8 Å². The first-order valence-corrected chi connectivity index (χ1v) is 7.35. The molecule has 0 aromatic carbocycles. The molecule has 0 spiro atoms. The third-order valence-electron chi connectivity index (χ3n) is 4.44. The highest BCUT2D eigenvalue weighted by Gasteiger charge is 2.30. The Labute approximate surface area is 122 Å². The fraction of sp³-hybridized carbons (Fsp3) is 0.500. The number of aromatic nitrogens is 4. The van der Waals surface area contributed by atoms with Gasteiger partial charge in [0, 0.05) is 31.0 Å². The van der Waals surface area contributed by atoms with Gasteiger partial charge in [-0.3, -0.25) is 0 Å². The Morgan fingerprint density at radius 3 is 2.95 bits per heavy atom. The smallest absolute Gasteiger partial charge is 0.222 e. The van der Waals surface area contributed by atoms with E-state index in [9.17, 15) is 0 Å². The molecule has 1 fully saturated rings. The van der Waals surface area contributed by atoms with Gasteiger partial charge >= 0.3 is 0 Å². The number of H-pyrrole nitrogens is 1. The van der Waals surface area contributed by atoms with E-state index in [1.807, 2.05) is 0 Å². The molecular weight excluding hydrogens is 266 g/mol. The monoisotopic (exact) mass is 285 g/mol. The summed E-state index contributed by atoms with van der Waals surface area (Å²) in [6.45, 7) is 1.69. The lowest BCUT2D eigenvalue weighted by atomic mass is 9.78. The van der Waals surface area contributed by atoms with Gasteiger partial charge in [-0.25, -0.2) is 9.97 Å². The second kappa shape index (κ2) is 4.70. The van der Waals surface area contributed by atoms with Gasteiger partial charge in [-0.15, -0.1) is 0 Å². The largest absolute Gasteiger partial charge is 0.368 e. The molecule has 21 heavy (non-hydrogen) atoms. The molecule has 7 nitrogen and oxygen atoms in total. The molecule has 0 radical (unpaired) electrons. The predicted molar refractivity (Wildman–Crippen MR) is 79.7 cm³/mol. The molecule has 1 aliphatic carbocycles.